The van der Waals surface area contributed by atoms with Gasteiger partial charge in [0, 0.05) is 18.8 Å². The summed E-state index contributed by atoms with van der Waals surface area (Å²) >= 11 is 0. The summed E-state index contributed by atoms with van der Waals surface area (Å²) in [6.07, 6.45) is -4.73. The quantitative estimate of drug-likeness (QED) is 0.448. The van der Waals surface area contributed by atoms with E-state index < -0.39 is 30.2 Å². The van der Waals surface area contributed by atoms with Crippen molar-refractivity contribution in [1.29, 1.82) is 0 Å². The Labute approximate surface area is 196 Å². The molecule has 2 aromatic rings. The van der Waals surface area contributed by atoms with Gasteiger partial charge in [-0.05, 0) is 24.5 Å². The number of urea groups is 1. The molecule has 12 heteroatoms. The lowest BCUT2D eigenvalue weighted by Gasteiger charge is -2.32. The number of amides is 2. The van der Waals surface area contributed by atoms with Crippen LogP contribution in [0.1, 0.15) is 32.9 Å². The largest absolute Gasteiger partial charge is 0.434 e. The molecule has 190 valence electrons. The van der Waals surface area contributed by atoms with Crippen LogP contribution in [0.3, 0.4) is 0 Å². The van der Waals surface area contributed by atoms with Crippen molar-refractivity contribution in [3.8, 4) is 0 Å². The molecule has 1 fully saturated rings. The molecule has 0 bridgehead atoms. The normalized spacial score (nSPS) is 19.7. The molecule has 3 unspecified atom stereocenters. The third-order valence-electron chi connectivity index (χ3n) is 3.96. The average Bonchev–Trinajstić information content (AvgIpc) is 2.75. The molecule has 0 spiro atoms. The number of nitrogen functional groups attached to an aromatic ring is 1. The second kappa shape index (κ2) is 14.3. The second-order valence-corrected chi connectivity index (χ2v) is 8.02. The molecular weight excluding hydrogens is 455 g/mol. The van der Waals surface area contributed by atoms with Crippen molar-refractivity contribution in [2.75, 3.05) is 24.2 Å². The summed E-state index contributed by atoms with van der Waals surface area (Å²) in [5.74, 6) is 0.597. The molecule has 2 heterocycles. The predicted molar refractivity (Wildman–Crippen MR) is 122 cm³/mol. The molecule has 3 rings (SSSR count). The fraction of sp³-hybridized carbons (Fsp3) is 0.500. The minimum atomic E-state index is -4.47. The van der Waals surface area contributed by atoms with E-state index in [1.54, 1.807) is 12.1 Å². The van der Waals surface area contributed by atoms with Gasteiger partial charge in [0.1, 0.15) is 18.0 Å². The minimum Gasteiger partial charge on any atom is -0.390 e. The number of aliphatic hydroxyl groups is 2. The predicted octanol–water partition coefficient (Wildman–Crippen LogP) is 3.06. The van der Waals surface area contributed by atoms with Crippen molar-refractivity contribution in [1.82, 2.24) is 15.3 Å². The molecule has 0 radical (unpaired) electrons. The van der Waals surface area contributed by atoms with Gasteiger partial charge in [-0.2, -0.15) is 13.2 Å². The molecule has 6 N–H and O–H groups in total. The summed E-state index contributed by atoms with van der Waals surface area (Å²) in [6.45, 7) is 7.03. The number of rotatable bonds is 3. The van der Waals surface area contributed by atoms with Gasteiger partial charge in [0.2, 0.25) is 0 Å². The summed E-state index contributed by atoms with van der Waals surface area (Å²) < 4.78 is 40.7. The summed E-state index contributed by atoms with van der Waals surface area (Å²) in [7, 11) is 0. The number of alkyl halides is 3. The smallest absolute Gasteiger partial charge is 0.390 e. The number of hydrogen-bond donors (Lipinski definition) is 5. The molecule has 2 amide bonds. The fourth-order valence-corrected chi connectivity index (χ4v) is 2.44. The number of anilines is 2. The van der Waals surface area contributed by atoms with Crippen LogP contribution in [0.15, 0.2) is 42.7 Å². The zero-order valence-corrected chi connectivity index (χ0v) is 19.3. The summed E-state index contributed by atoms with van der Waals surface area (Å²) in [5.41, 5.74) is 4.60. The highest BCUT2D eigenvalue weighted by Crippen LogP contribution is 2.26. The number of halogens is 3. The van der Waals surface area contributed by atoms with Crippen molar-refractivity contribution >= 4 is 17.5 Å². The van der Waals surface area contributed by atoms with Crippen LogP contribution in [-0.2, 0) is 10.9 Å². The molecule has 3 atom stereocenters. The molecule has 9 nitrogen and oxygen atoms in total. The van der Waals surface area contributed by atoms with Crippen molar-refractivity contribution in [2.45, 2.75) is 51.7 Å². The van der Waals surface area contributed by atoms with Crippen LogP contribution in [0.25, 0.3) is 0 Å². The molecule has 0 saturated carbocycles. The molecule has 34 heavy (non-hydrogen) atoms. The Morgan fingerprint density at radius 1 is 1.21 bits per heavy atom. The molecule has 1 aromatic carbocycles. The number of aliphatic hydroxyl groups excluding tert-OH is 2. The van der Waals surface area contributed by atoms with Gasteiger partial charge in [0.15, 0.2) is 5.69 Å². The van der Waals surface area contributed by atoms with Crippen LogP contribution in [0.2, 0.25) is 0 Å². The Kier molecular flexibility index (Phi) is 12.3. The van der Waals surface area contributed by atoms with E-state index in [1.165, 1.54) is 0 Å². The number of nitrogens with zero attached hydrogens (tertiary/aromatic N) is 2. The Bertz CT molecular complexity index is 853. The van der Waals surface area contributed by atoms with Crippen LogP contribution < -0.4 is 16.4 Å². The van der Waals surface area contributed by atoms with E-state index in [9.17, 15) is 28.2 Å². The maximum atomic E-state index is 11.8. The van der Waals surface area contributed by atoms with Crippen LogP contribution in [0, 0.1) is 5.92 Å². The SMILES string of the molecule is CC(C)C.Nc1cncc(C(F)(F)F)n1.O=C(NCC1OCCC(O)C1O)Nc1ccccc1. The molecule has 1 aliphatic rings. The summed E-state index contributed by atoms with van der Waals surface area (Å²) in [5, 5.41) is 24.4. The first kappa shape index (κ1) is 29.1. The fourth-order valence-electron chi connectivity index (χ4n) is 2.44. The number of nitrogens with one attached hydrogen (secondary N) is 2. The maximum Gasteiger partial charge on any atom is 0.434 e. The Morgan fingerprint density at radius 3 is 2.35 bits per heavy atom. The van der Waals surface area contributed by atoms with Crippen LogP contribution in [0.4, 0.5) is 29.5 Å². The zero-order chi connectivity index (χ0) is 25.7. The molecule has 1 aromatic heterocycles. The first-order valence-electron chi connectivity index (χ1n) is 10.6. The molecular formula is C22H32F3N5O4. The lowest BCUT2D eigenvalue weighted by atomic mass is 10.0. The maximum absolute atomic E-state index is 11.8. The number of carbonyl (C=O) groups is 1. The molecule has 0 aliphatic carbocycles. The number of nitrogens with two attached hydrogens (primary N) is 1. The van der Waals surface area contributed by atoms with Crippen LogP contribution >= 0.6 is 0 Å². The van der Waals surface area contributed by atoms with Crippen molar-refractivity contribution in [3.63, 3.8) is 0 Å². The zero-order valence-electron chi connectivity index (χ0n) is 19.3. The number of benzene rings is 1. The highest BCUT2D eigenvalue weighted by molar-refractivity contribution is 5.89. The van der Waals surface area contributed by atoms with E-state index in [0.29, 0.717) is 24.9 Å². The third-order valence-corrected chi connectivity index (χ3v) is 3.96. The van der Waals surface area contributed by atoms with E-state index in [1.807, 2.05) is 18.2 Å². The van der Waals surface area contributed by atoms with Crippen molar-refractivity contribution in [3.05, 3.63) is 48.4 Å². The van der Waals surface area contributed by atoms with Gasteiger partial charge in [0.05, 0.1) is 18.5 Å². The highest BCUT2D eigenvalue weighted by atomic mass is 19.4. The lowest BCUT2D eigenvalue weighted by Crippen LogP contribution is -2.50. The summed E-state index contributed by atoms with van der Waals surface area (Å²) in [6, 6.07) is 8.67. The average molecular weight is 488 g/mol. The van der Waals surface area contributed by atoms with Gasteiger partial charge in [-0.25, -0.2) is 9.78 Å². The van der Waals surface area contributed by atoms with Gasteiger partial charge in [-0.15, -0.1) is 0 Å². The first-order chi connectivity index (χ1) is 15.9. The van der Waals surface area contributed by atoms with Crippen LogP contribution in [0.5, 0.6) is 0 Å². The lowest BCUT2D eigenvalue weighted by molar-refractivity contribution is -0.141. The monoisotopic (exact) mass is 487 g/mol. The highest BCUT2D eigenvalue weighted by Gasteiger charge is 2.33. The van der Waals surface area contributed by atoms with E-state index in [4.69, 9.17) is 10.5 Å². The van der Waals surface area contributed by atoms with E-state index in [0.717, 1.165) is 12.1 Å². The number of ether oxygens (including phenoxy) is 1. The van der Waals surface area contributed by atoms with Gasteiger partial charge < -0.3 is 31.3 Å². The number of aromatic nitrogens is 2. The Balaban J connectivity index is 0.000000325. The second-order valence-electron chi connectivity index (χ2n) is 8.02. The molecule has 1 aliphatic heterocycles. The topological polar surface area (TPSA) is 143 Å². The minimum absolute atomic E-state index is 0.150. The van der Waals surface area contributed by atoms with E-state index >= 15 is 0 Å². The van der Waals surface area contributed by atoms with Gasteiger partial charge in [0.25, 0.3) is 0 Å². The van der Waals surface area contributed by atoms with Gasteiger partial charge in [-0.3, -0.25) is 4.98 Å². The van der Waals surface area contributed by atoms with Crippen molar-refractivity contribution < 1.29 is 32.9 Å². The van der Waals surface area contributed by atoms with Crippen molar-refractivity contribution in [2.24, 2.45) is 5.92 Å². The standard InChI is InChI=1S/C13H18N2O4.C5H4F3N3.C4H10/c16-10-6-7-19-11(12(10)17)8-14-13(18)15-9-4-2-1-3-5-9;6-5(7,8)3-1-10-2-4(9)11-3;1-4(2)3/h1-5,10-12,16-17H,6-8H2,(H2,14,15,18);1-2H,(H2,9,11);4H,1-3H3. The number of hydrogen-bond acceptors (Lipinski definition) is 7. The number of carbonyl (C=O) groups excluding carboxylic acids is 1. The first-order valence-corrected chi connectivity index (χ1v) is 10.6. The van der Waals surface area contributed by atoms with Gasteiger partial charge in [-0.1, -0.05) is 39.0 Å². The van der Waals surface area contributed by atoms with E-state index in [2.05, 4.69) is 41.4 Å². The Morgan fingerprint density at radius 2 is 1.82 bits per heavy atom. The van der Waals surface area contributed by atoms with Crippen LogP contribution in [-0.4, -0.2) is 57.7 Å². The Hall–Kier alpha value is -2.96. The van der Waals surface area contributed by atoms with Gasteiger partial charge >= 0.3 is 12.2 Å². The summed E-state index contributed by atoms with van der Waals surface area (Å²) in [4.78, 5) is 17.9. The number of para-hydroxylation sites is 1. The third kappa shape index (κ3) is 11.8. The molecule has 1 saturated heterocycles. The van der Waals surface area contributed by atoms with E-state index in [-0.39, 0.29) is 18.4 Å².